The lowest BCUT2D eigenvalue weighted by Crippen LogP contribution is -1.99. The molecule has 0 aliphatic carbocycles. The fraction of sp³-hybridized carbons (Fsp3) is 0.158. The zero-order chi connectivity index (χ0) is 13.7. The summed E-state index contributed by atoms with van der Waals surface area (Å²) in [4.78, 5) is 0. The van der Waals surface area contributed by atoms with Crippen LogP contribution in [0.1, 0.15) is 19.9 Å². The molecule has 98 valence electrons. The van der Waals surface area contributed by atoms with Gasteiger partial charge in [0.05, 0.1) is 0 Å². The van der Waals surface area contributed by atoms with Crippen molar-refractivity contribution in [2.45, 2.75) is 19.9 Å². The third kappa shape index (κ3) is 1.50. The molecule has 1 heteroatoms. The first kappa shape index (κ1) is 11.5. The predicted octanol–water partition coefficient (Wildman–Crippen LogP) is 5.53. The summed E-state index contributed by atoms with van der Waals surface area (Å²) in [6.07, 6.45) is 0. The summed E-state index contributed by atoms with van der Waals surface area (Å²) in [6.45, 7) is 4.50. The third-order valence-corrected chi connectivity index (χ3v) is 4.09. The SMILES string of the molecule is CC(C)n1c2ccccc2c2cc3ccccc3cc21. The number of fused-ring (bicyclic) bond motifs is 4. The van der Waals surface area contributed by atoms with Gasteiger partial charge in [0.1, 0.15) is 0 Å². The molecule has 0 atom stereocenters. The molecule has 0 saturated heterocycles. The molecular formula is C19H17N. The fourth-order valence-electron chi connectivity index (χ4n) is 3.24. The maximum absolute atomic E-state index is 2.44. The summed E-state index contributed by atoms with van der Waals surface area (Å²) in [5, 5.41) is 5.33. The van der Waals surface area contributed by atoms with Crippen LogP contribution in [0.4, 0.5) is 0 Å². The van der Waals surface area contributed by atoms with Crippen molar-refractivity contribution in [2.24, 2.45) is 0 Å². The Kier molecular flexibility index (Phi) is 2.37. The van der Waals surface area contributed by atoms with Crippen LogP contribution in [0, 0.1) is 0 Å². The van der Waals surface area contributed by atoms with E-state index < -0.39 is 0 Å². The Balaban J connectivity index is 2.29. The van der Waals surface area contributed by atoms with Crippen LogP contribution in [0.3, 0.4) is 0 Å². The van der Waals surface area contributed by atoms with Crippen LogP contribution in [0.25, 0.3) is 32.6 Å². The van der Waals surface area contributed by atoms with Crippen LogP contribution in [0.2, 0.25) is 0 Å². The van der Waals surface area contributed by atoms with E-state index in [2.05, 4.69) is 79.1 Å². The molecule has 4 aromatic rings. The van der Waals surface area contributed by atoms with Gasteiger partial charge in [0, 0.05) is 27.8 Å². The number of aromatic nitrogens is 1. The molecule has 0 fully saturated rings. The van der Waals surface area contributed by atoms with E-state index in [-0.39, 0.29) is 0 Å². The summed E-state index contributed by atoms with van der Waals surface area (Å²) in [5.74, 6) is 0. The largest absolute Gasteiger partial charge is 0.338 e. The van der Waals surface area contributed by atoms with Crippen molar-refractivity contribution in [1.29, 1.82) is 0 Å². The average molecular weight is 259 g/mol. The van der Waals surface area contributed by atoms with E-state index in [0.717, 1.165) is 0 Å². The highest BCUT2D eigenvalue weighted by molar-refractivity contribution is 6.12. The first-order chi connectivity index (χ1) is 9.75. The Morgan fingerprint density at radius 1 is 0.700 bits per heavy atom. The molecule has 4 rings (SSSR count). The second-order valence-electron chi connectivity index (χ2n) is 5.70. The lowest BCUT2D eigenvalue weighted by atomic mass is 10.1. The van der Waals surface area contributed by atoms with Gasteiger partial charge in [0.15, 0.2) is 0 Å². The molecular weight excluding hydrogens is 242 g/mol. The summed E-state index contributed by atoms with van der Waals surface area (Å²) >= 11 is 0. The summed E-state index contributed by atoms with van der Waals surface area (Å²) in [5.41, 5.74) is 2.66. The molecule has 3 aromatic carbocycles. The highest BCUT2D eigenvalue weighted by Crippen LogP contribution is 2.34. The van der Waals surface area contributed by atoms with Crippen LogP contribution in [-0.2, 0) is 0 Å². The normalized spacial score (nSPS) is 11.9. The molecule has 0 N–H and O–H groups in total. The average Bonchev–Trinajstić information content (AvgIpc) is 2.78. The minimum absolute atomic E-state index is 0.457. The van der Waals surface area contributed by atoms with Gasteiger partial charge in [-0.25, -0.2) is 0 Å². The number of rotatable bonds is 1. The number of benzene rings is 3. The minimum Gasteiger partial charge on any atom is -0.338 e. The molecule has 0 saturated carbocycles. The first-order valence-corrected chi connectivity index (χ1v) is 7.17. The van der Waals surface area contributed by atoms with Gasteiger partial charge in [-0.3, -0.25) is 0 Å². The Morgan fingerprint density at radius 2 is 1.35 bits per heavy atom. The predicted molar refractivity (Wildman–Crippen MR) is 87.3 cm³/mol. The zero-order valence-electron chi connectivity index (χ0n) is 11.8. The van der Waals surface area contributed by atoms with E-state index >= 15 is 0 Å². The lowest BCUT2D eigenvalue weighted by Gasteiger charge is -2.11. The van der Waals surface area contributed by atoms with Crippen molar-refractivity contribution >= 4 is 32.6 Å². The van der Waals surface area contributed by atoms with Crippen molar-refractivity contribution in [3.05, 3.63) is 60.7 Å². The molecule has 0 spiro atoms. The smallest absolute Gasteiger partial charge is 0.0500 e. The van der Waals surface area contributed by atoms with Crippen molar-refractivity contribution in [2.75, 3.05) is 0 Å². The Hall–Kier alpha value is -2.28. The summed E-state index contributed by atoms with van der Waals surface area (Å²) in [7, 11) is 0. The molecule has 0 amide bonds. The van der Waals surface area contributed by atoms with Gasteiger partial charge in [-0.1, -0.05) is 42.5 Å². The highest BCUT2D eigenvalue weighted by Gasteiger charge is 2.12. The standard InChI is InChI=1S/C19H17N/c1-13(2)20-18-10-6-5-9-16(18)17-11-14-7-3-4-8-15(14)12-19(17)20/h3-13H,1-2H3. The van der Waals surface area contributed by atoms with E-state index in [0.29, 0.717) is 6.04 Å². The molecule has 1 aromatic heterocycles. The second kappa shape index (κ2) is 4.11. The minimum atomic E-state index is 0.457. The third-order valence-electron chi connectivity index (χ3n) is 4.09. The molecule has 0 aliphatic rings. The molecule has 0 aliphatic heterocycles. The Labute approximate surface area is 118 Å². The number of hydrogen-bond acceptors (Lipinski definition) is 0. The Bertz CT molecular complexity index is 928. The van der Waals surface area contributed by atoms with Gasteiger partial charge in [0.25, 0.3) is 0 Å². The molecule has 0 bridgehead atoms. The van der Waals surface area contributed by atoms with Crippen LogP contribution in [0.15, 0.2) is 60.7 Å². The van der Waals surface area contributed by atoms with Crippen LogP contribution in [0.5, 0.6) is 0 Å². The van der Waals surface area contributed by atoms with E-state index in [9.17, 15) is 0 Å². The number of hydrogen-bond donors (Lipinski definition) is 0. The van der Waals surface area contributed by atoms with Gasteiger partial charge in [-0.2, -0.15) is 0 Å². The van der Waals surface area contributed by atoms with Crippen LogP contribution in [-0.4, -0.2) is 4.57 Å². The maximum atomic E-state index is 2.44. The van der Waals surface area contributed by atoms with Gasteiger partial charge in [0.2, 0.25) is 0 Å². The summed E-state index contributed by atoms with van der Waals surface area (Å²) in [6, 6.07) is 22.4. The quantitative estimate of drug-likeness (QED) is 0.423. The van der Waals surface area contributed by atoms with E-state index in [1.54, 1.807) is 0 Å². The van der Waals surface area contributed by atoms with Gasteiger partial charge >= 0.3 is 0 Å². The molecule has 20 heavy (non-hydrogen) atoms. The Morgan fingerprint density at radius 3 is 2.10 bits per heavy atom. The first-order valence-electron chi connectivity index (χ1n) is 7.17. The highest BCUT2D eigenvalue weighted by atomic mass is 15.0. The van der Waals surface area contributed by atoms with Crippen molar-refractivity contribution in [1.82, 2.24) is 4.57 Å². The summed E-state index contributed by atoms with van der Waals surface area (Å²) < 4.78 is 2.44. The molecule has 1 nitrogen and oxygen atoms in total. The monoisotopic (exact) mass is 259 g/mol. The lowest BCUT2D eigenvalue weighted by molar-refractivity contribution is 0.642. The topological polar surface area (TPSA) is 4.93 Å². The van der Waals surface area contributed by atoms with Crippen LogP contribution < -0.4 is 0 Å². The van der Waals surface area contributed by atoms with E-state index in [1.807, 2.05) is 0 Å². The number of nitrogens with zero attached hydrogens (tertiary/aromatic N) is 1. The van der Waals surface area contributed by atoms with E-state index in [1.165, 1.54) is 32.6 Å². The van der Waals surface area contributed by atoms with Gasteiger partial charge in [-0.05, 0) is 42.8 Å². The van der Waals surface area contributed by atoms with Gasteiger partial charge < -0.3 is 4.57 Å². The van der Waals surface area contributed by atoms with Crippen LogP contribution >= 0.6 is 0 Å². The van der Waals surface area contributed by atoms with Crippen molar-refractivity contribution < 1.29 is 0 Å². The molecule has 0 unspecified atom stereocenters. The molecule has 0 radical (unpaired) electrons. The van der Waals surface area contributed by atoms with Crippen molar-refractivity contribution in [3.8, 4) is 0 Å². The van der Waals surface area contributed by atoms with Gasteiger partial charge in [-0.15, -0.1) is 0 Å². The maximum Gasteiger partial charge on any atom is 0.0500 e. The van der Waals surface area contributed by atoms with Crippen molar-refractivity contribution in [3.63, 3.8) is 0 Å². The zero-order valence-corrected chi connectivity index (χ0v) is 11.8. The van der Waals surface area contributed by atoms with E-state index in [4.69, 9.17) is 0 Å². The fourth-order valence-corrected chi connectivity index (χ4v) is 3.24. The number of para-hydroxylation sites is 1. The molecule has 1 heterocycles. The second-order valence-corrected chi connectivity index (χ2v) is 5.70.